The van der Waals surface area contributed by atoms with E-state index in [-0.39, 0.29) is 28.4 Å². The normalized spacial score (nSPS) is 14.5. The molecule has 1 aromatic carbocycles. The number of benzene rings is 1. The monoisotopic (exact) mass is 406 g/mol. The highest BCUT2D eigenvalue weighted by atomic mass is 35.5. The molecule has 0 aromatic heterocycles. The van der Waals surface area contributed by atoms with Crippen LogP contribution in [0.2, 0.25) is 5.02 Å². The Morgan fingerprint density at radius 1 is 1.25 bits per heavy atom. The van der Waals surface area contributed by atoms with Gasteiger partial charge in [0.05, 0.1) is 16.3 Å². The molecular weight excluding hydrogens is 376 g/mol. The zero-order valence-corrected chi connectivity index (χ0v) is 17.6. The summed E-state index contributed by atoms with van der Waals surface area (Å²) in [6.45, 7) is 5.75. The number of phenolic OH excluding ortho intramolecular Hbond substituents is 1. The summed E-state index contributed by atoms with van der Waals surface area (Å²) in [4.78, 5) is 11.6. The van der Waals surface area contributed by atoms with Gasteiger partial charge in [-0.15, -0.1) is 0 Å². The van der Waals surface area contributed by atoms with Gasteiger partial charge >= 0.3 is 0 Å². The van der Waals surface area contributed by atoms with Crippen LogP contribution >= 0.6 is 11.6 Å². The average Bonchev–Trinajstić information content (AvgIpc) is 2.69. The fourth-order valence-electron chi connectivity index (χ4n) is 2.41. The van der Waals surface area contributed by atoms with Crippen LogP contribution in [-0.4, -0.2) is 17.1 Å². The van der Waals surface area contributed by atoms with Crippen LogP contribution in [0.25, 0.3) is 0 Å². The number of allylic oxidation sites excluding steroid dienone is 3. The Hall–Kier alpha value is -2.65. The molecule has 28 heavy (non-hydrogen) atoms. The number of carbonyl (C=O) groups is 1. The van der Waals surface area contributed by atoms with E-state index in [9.17, 15) is 4.79 Å². The first-order valence-electron chi connectivity index (χ1n) is 9.42. The zero-order chi connectivity index (χ0) is 21.5. The topological polar surface area (TPSA) is 125 Å². The molecule has 0 bridgehead atoms. The molecule has 0 heterocycles. The highest BCUT2D eigenvalue weighted by Gasteiger charge is 2.16. The lowest BCUT2D eigenvalue weighted by atomic mass is 9.95. The summed E-state index contributed by atoms with van der Waals surface area (Å²) < 4.78 is 0. The Labute approximate surface area is 172 Å². The van der Waals surface area contributed by atoms with E-state index >= 15 is 0 Å². The minimum absolute atomic E-state index is 0.0731. The van der Waals surface area contributed by atoms with Crippen LogP contribution in [0.5, 0.6) is 5.75 Å². The number of amides is 1. The number of hydrogen-bond donors (Lipinski definition) is 4. The van der Waals surface area contributed by atoms with Crippen molar-refractivity contribution in [1.82, 2.24) is 5.32 Å². The molecule has 1 aliphatic carbocycles. The number of aromatic hydroxyl groups is 1. The molecule has 0 aliphatic heterocycles. The van der Waals surface area contributed by atoms with Gasteiger partial charge in [0.1, 0.15) is 11.8 Å². The molecule has 1 amide bonds. The van der Waals surface area contributed by atoms with E-state index in [1.807, 2.05) is 19.9 Å². The molecule has 1 fully saturated rings. The van der Waals surface area contributed by atoms with Crippen molar-refractivity contribution in [3.63, 3.8) is 0 Å². The van der Waals surface area contributed by atoms with Gasteiger partial charge in [0, 0.05) is 11.7 Å². The number of nitrogens with two attached hydrogens (primary N) is 2. The number of nitrogens with one attached hydrogen (secondary N) is 1. The van der Waals surface area contributed by atoms with Gasteiger partial charge in [-0.1, -0.05) is 44.7 Å². The predicted molar refractivity (Wildman–Crippen MR) is 114 cm³/mol. The summed E-state index contributed by atoms with van der Waals surface area (Å²) in [7, 11) is 0. The van der Waals surface area contributed by atoms with Crippen molar-refractivity contribution in [2.75, 3.05) is 0 Å². The van der Waals surface area contributed by atoms with Gasteiger partial charge in [-0.3, -0.25) is 4.79 Å². The van der Waals surface area contributed by atoms with Crippen LogP contribution in [0.3, 0.4) is 0 Å². The largest absolute Gasteiger partial charge is 0.508 e. The standard InChI is InChI=1S/C12H21N3O.C7H4ClNO.C2H6/c1-9(13)7-8-11(14)12(16)15-10-5-3-2-4-6-10;8-7-3-6(10)2-1-5(7)4-9;1-2/h7-8,10H,2-6,13-14H2,1H3,(H,15,16);1-3,10H;1-2H3/b9-7-,11-8-;;. The molecule has 154 valence electrons. The maximum absolute atomic E-state index is 11.6. The van der Waals surface area contributed by atoms with Crippen molar-refractivity contribution in [2.24, 2.45) is 11.5 Å². The molecule has 1 aliphatic rings. The van der Waals surface area contributed by atoms with E-state index in [2.05, 4.69) is 5.32 Å². The number of nitriles is 1. The quantitative estimate of drug-likeness (QED) is 0.444. The van der Waals surface area contributed by atoms with Crippen LogP contribution in [-0.2, 0) is 4.79 Å². The second kappa shape index (κ2) is 14.4. The molecule has 0 spiro atoms. The molecule has 1 aromatic rings. The lowest BCUT2D eigenvalue weighted by Crippen LogP contribution is -2.38. The molecule has 7 heteroatoms. The third-order valence-electron chi connectivity index (χ3n) is 3.80. The third-order valence-corrected chi connectivity index (χ3v) is 4.11. The van der Waals surface area contributed by atoms with E-state index in [0.717, 1.165) is 12.8 Å². The third kappa shape index (κ3) is 10.5. The lowest BCUT2D eigenvalue weighted by Gasteiger charge is -2.22. The van der Waals surface area contributed by atoms with Crippen LogP contribution in [0.15, 0.2) is 41.7 Å². The number of nitrogens with zero attached hydrogens (tertiary/aromatic N) is 1. The van der Waals surface area contributed by atoms with Gasteiger partial charge in [-0.2, -0.15) is 5.26 Å². The van der Waals surface area contributed by atoms with Gasteiger partial charge in [0.2, 0.25) is 0 Å². The van der Waals surface area contributed by atoms with Crippen molar-refractivity contribution in [3.8, 4) is 11.8 Å². The maximum atomic E-state index is 11.6. The van der Waals surface area contributed by atoms with Crippen LogP contribution in [0.1, 0.15) is 58.4 Å². The summed E-state index contributed by atoms with van der Waals surface area (Å²) in [5.74, 6) is -0.117. The van der Waals surface area contributed by atoms with Crippen LogP contribution in [0, 0.1) is 11.3 Å². The van der Waals surface area contributed by atoms with Gasteiger partial charge in [0.15, 0.2) is 0 Å². The Morgan fingerprint density at radius 3 is 2.36 bits per heavy atom. The summed E-state index contributed by atoms with van der Waals surface area (Å²) in [5, 5.41) is 20.5. The number of carbonyl (C=O) groups excluding carboxylic acids is 1. The Morgan fingerprint density at radius 2 is 1.86 bits per heavy atom. The van der Waals surface area contributed by atoms with Crippen molar-refractivity contribution >= 4 is 17.5 Å². The number of hydrogen-bond acceptors (Lipinski definition) is 5. The predicted octanol–water partition coefficient (Wildman–Crippen LogP) is 4.08. The molecule has 0 saturated heterocycles. The van der Waals surface area contributed by atoms with Crippen molar-refractivity contribution in [3.05, 3.63) is 52.3 Å². The van der Waals surface area contributed by atoms with E-state index in [0.29, 0.717) is 11.3 Å². The van der Waals surface area contributed by atoms with Crippen molar-refractivity contribution < 1.29 is 9.90 Å². The van der Waals surface area contributed by atoms with Gasteiger partial charge in [-0.25, -0.2) is 0 Å². The molecule has 0 radical (unpaired) electrons. The Bertz CT molecular complexity index is 714. The molecule has 6 N–H and O–H groups in total. The number of rotatable bonds is 3. The maximum Gasteiger partial charge on any atom is 0.267 e. The van der Waals surface area contributed by atoms with Crippen molar-refractivity contribution in [2.45, 2.75) is 58.9 Å². The number of phenols is 1. The zero-order valence-electron chi connectivity index (χ0n) is 16.8. The fraction of sp³-hybridized carbons (Fsp3) is 0.429. The van der Waals surface area contributed by atoms with Crippen LogP contribution in [0.4, 0.5) is 0 Å². The minimum atomic E-state index is -0.190. The lowest BCUT2D eigenvalue weighted by molar-refractivity contribution is -0.118. The smallest absolute Gasteiger partial charge is 0.267 e. The number of halogens is 1. The van der Waals surface area contributed by atoms with Crippen LogP contribution < -0.4 is 16.8 Å². The first kappa shape index (κ1) is 25.4. The Balaban J connectivity index is 0.000000520. The summed E-state index contributed by atoms with van der Waals surface area (Å²) in [6, 6.07) is 6.39. The highest BCUT2D eigenvalue weighted by Crippen LogP contribution is 2.20. The second-order valence-electron chi connectivity index (χ2n) is 6.12. The first-order valence-corrected chi connectivity index (χ1v) is 9.80. The Kier molecular flexibility index (Phi) is 13.0. The van der Waals surface area contributed by atoms with Crippen molar-refractivity contribution in [1.29, 1.82) is 5.26 Å². The molecule has 6 nitrogen and oxygen atoms in total. The summed E-state index contributed by atoms with van der Waals surface area (Å²) in [6.07, 6.45) is 8.96. The molecule has 0 atom stereocenters. The SMILES string of the molecule is C/C(N)=C/C=C(\N)C(=O)NC1CCCCC1.CC.N#Cc1ccc(O)cc1Cl. The fourth-order valence-corrected chi connectivity index (χ4v) is 2.62. The summed E-state index contributed by atoms with van der Waals surface area (Å²) >= 11 is 5.55. The average molecular weight is 407 g/mol. The molecule has 0 unspecified atom stereocenters. The van der Waals surface area contributed by atoms with Gasteiger partial charge < -0.3 is 21.9 Å². The highest BCUT2D eigenvalue weighted by molar-refractivity contribution is 6.31. The molecule has 2 rings (SSSR count). The molecule has 1 saturated carbocycles. The van der Waals surface area contributed by atoms with Gasteiger partial charge in [-0.05, 0) is 50.1 Å². The van der Waals surface area contributed by atoms with E-state index in [1.165, 1.54) is 37.5 Å². The van der Waals surface area contributed by atoms with E-state index in [1.54, 1.807) is 19.1 Å². The van der Waals surface area contributed by atoms with E-state index in [4.69, 9.17) is 33.4 Å². The minimum Gasteiger partial charge on any atom is -0.508 e. The van der Waals surface area contributed by atoms with Gasteiger partial charge in [0.25, 0.3) is 5.91 Å². The molecular formula is C21H31ClN4O2. The first-order chi connectivity index (χ1) is 13.3. The second-order valence-corrected chi connectivity index (χ2v) is 6.52. The summed E-state index contributed by atoms with van der Waals surface area (Å²) in [5.41, 5.74) is 12.3. The van der Waals surface area contributed by atoms with E-state index < -0.39 is 0 Å².